The Hall–Kier alpha value is -1.71. The summed E-state index contributed by atoms with van der Waals surface area (Å²) in [5.74, 6) is -0.885. The number of carboxylic acids is 1. The largest absolute Gasteiger partial charge is 0.478 e. The van der Waals surface area contributed by atoms with E-state index in [0.717, 1.165) is 24.5 Å². The number of carbonyl (C=O) groups is 1. The van der Waals surface area contributed by atoms with Crippen molar-refractivity contribution in [2.45, 2.75) is 0 Å². The summed E-state index contributed by atoms with van der Waals surface area (Å²) < 4.78 is 0. The number of likely N-dealkylation sites (N-methyl/N-ethyl adjacent to an activating group) is 1. The fourth-order valence-electron chi connectivity index (χ4n) is 1.69. The number of para-hydroxylation sites is 1. The molecule has 0 atom stereocenters. The second kappa shape index (κ2) is 3.21. The maximum atomic E-state index is 10.9. The number of hydrogen-bond acceptors (Lipinski definition) is 3. The summed E-state index contributed by atoms with van der Waals surface area (Å²) in [7, 11) is 1.96. The number of fused-ring (bicyclic) bond motifs is 1. The highest BCUT2D eigenvalue weighted by Gasteiger charge is 2.18. The van der Waals surface area contributed by atoms with Crippen molar-refractivity contribution in [2.24, 2.45) is 0 Å². The summed E-state index contributed by atoms with van der Waals surface area (Å²) in [6.07, 6.45) is 0. The molecule has 1 aromatic carbocycles. The lowest BCUT2D eigenvalue weighted by Crippen LogP contribution is -2.31. The predicted molar refractivity (Wildman–Crippen MR) is 55.2 cm³/mol. The Labute approximate surface area is 82.2 Å². The molecule has 0 aliphatic carbocycles. The van der Waals surface area contributed by atoms with Gasteiger partial charge >= 0.3 is 5.97 Å². The first-order valence-corrected chi connectivity index (χ1v) is 4.51. The molecule has 0 unspecified atom stereocenters. The van der Waals surface area contributed by atoms with Crippen LogP contribution in [-0.2, 0) is 0 Å². The van der Waals surface area contributed by atoms with Crippen molar-refractivity contribution in [1.29, 1.82) is 0 Å². The summed E-state index contributed by atoms with van der Waals surface area (Å²) in [5, 5.41) is 12.1. The third-order valence-electron chi connectivity index (χ3n) is 2.43. The van der Waals surface area contributed by atoms with E-state index in [9.17, 15) is 4.79 Å². The second-order valence-corrected chi connectivity index (χ2v) is 3.35. The average molecular weight is 192 g/mol. The Morgan fingerprint density at radius 1 is 1.57 bits per heavy atom. The number of nitrogens with one attached hydrogen (secondary N) is 1. The molecule has 1 aliphatic rings. The molecule has 74 valence electrons. The molecule has 1 aliphatic heterocycles. The molecule has 14 heavy (non-hydrogen) atoms. The third-order valence-corrected chi connectivity index (χ3v) is 2.43. The second-order valence-electron chi connectivity index (χ2n) is 3.35. The highest BCUT2D eigenvalue weighted by molar-refractivity contribution is 5.98. The zero-order valence-electron chi connectivity index (χ0n) is 7.95. The Morgan fingerprint density at radius 2 is 2.36 bits per heavy atom. The molecule has 0 radical (unpaired) electrons. The smallest absolute Gasteiger partial charge is 0.337 e. The van der Waals surface area contributed by atoms with Crippen molar-refractivity contribution >= 4 is 17.3 Å². The quantitative estimate of drug-likeness (QED) is 0.703. The molecule has 1 aromatic rings. The third kappa shape index (κ3) is 1.28. The first-order valence-electron chi connectivity index (χ1n) is 4.51. The van der Waals surface area contributed by atoms with Crippen molar-refractivity contribution in [3.63, 3.8) is 0 Å². The molecule has 0 aromatic heterocycles. The molecule has 2 rings (SSSR count). The minimum atomic E-state index is -0.885. The highest BCUT2D eigenvalue weighted by Crippen LogP contribution is 2.31. The number of aromatic carboxylic acids is 1. The van der Waals surface area contributed by atoms with Crippen molar-refractivity contribution in [1.82, 2.24) is 0 Å². The fourth-order valence-corrected chi connectivity index (χ4v) is 1.69. The van der Waals surface area contributed by atoms with E-state index in [0.29, 0.717) is 5.56 Å². The van der Waals surface area contributed by atoms with Crippen molar-refractivity contribution in [3.05, 3.63) is 23.8 Å². The van der Waals surface area contributed by atoms with Crippen LogP contribution in [0, 0.1) is 0 Å². The number of rotatable bonds is 1. The summed E-state index contributed by atoms with van der Waals surface area (Å²) in [6.45, 7) is 1.68. The molecule has 4 heteroatoms. The van der Waals surface area contributed by atoms with Gasteiger partial charge in [0.1, 0.15) is 0 Å². The van der Waals surface area contributed by atoms with Crippen LogP contribution in [-0.4, -0.2) is 31.2 Å². The zero-order chi connectivity index (χ0) is 10.1. The molecule has 0 fully saturated rings. The molecule has 0 saturated heterocycles. The maximum absolute atomic E-state index is 10.9. The molecule has 0 bridgehead atoms. The lowest BCUT2D eigenvalue weighted by Gasteiger charge is -2.29. The first kappa shape index (κ1) is 8.87. The minimum Gasteiger partial charge on any atom is -0.478 e. The number of benzene rings is 1. The van der Waals surface area contributed by atoms with Crippen LogP contribution in [0.1, 0.15) is 10.4 Å². The molecule has 0 spiro atoms. The Balaban J connectivity index is 2.55. The van der Waals surface area contributed by atoms with Crippen molar-refractivity contribution in [2.75, 3.05) is 30.4 Å². The van der Waals surface area contributed by atoms with Gasteiger partial charge in [0.2, 0.25) is 0 Å². The van der Waals surface area contributed by atoms with Gasteiger partial charge in [0, 0.05) is 20.1 Å². The van der Waals surface area contributed by atoms with E-state index in [2.05, 4.69) is 10.2 Å². The van der Waals surface area contributed by atoms with Crippen LogP contribution in [0.5, 0.6) is 0 Å². The van der Waals surface area contributed by atoms with Crippen LogP contribution in [0.2, 0.25) is 0 Å². The summed E-state index contributed by atoms with van der Waals surface area (Å²) in [4.78, 5) is 13.0. The number of hydrogen-bond donors (Lipinski definition) is 2. The standard InChI is InChI=1S/C10H12N2O2/c1-12-6-5-11-9-7(10(13)14)3-2-4-8(9)12/h2-4,11H,5-6H2,1H3,(H,13,14). The van der Waals surface area contributed by atoms with Crippen LogP contribution in [0.4, 0.5) is 11.4 Å². The average Bonchev–Trinajstić information content (AvgIpc) is 2.17. The number of anilines is 2. The van der Waals surface area contributed by atoms with Gasteiger partial charge < -0.3 is 15.3 Å². The molecule has 4 nitrogen and oxygen atoms in total. The van der Waals surface area contributed by atoms with Crippen LogP contribution < -0.4 is 10.2 Å². The van der Waals surface area contributed by atoms with Crippen LogP contribution in [0.15, 0.2) is 18.2 Å². The lowest BCUT2D eigenvalue weighted by molar-refractivity contribution is 0.0698. The zero-order valence-corrected chi connectivity index (χ0v) is 7.95. The fraction of sp³-hybridized carbons (Fsp3) is 0.300. The van der Waals surface area contributed by atoms with Crippen molar-refractivity contribution < 1.29 is 9.90 Å². The van der Waals surface area contributed by atoms with Crippen LogP contribution >= 0.6 is 0 Å². The lowest BCUT2D eigenvalue weighted by atomic mass is 10.1. The van der Waals surface area contributed by atoms with E-state index in [1.54, 1.807) is 12.1 Å². The number of carboxylic acid groups (broad SMARTS) is 1. The van der Waals surface area contributed by atoms with Crippen LogP contribution in [0.3, 0.4) is 0 Å². The molecular formula is C10H12N2O2. The van der Waals surface area contributed by atoms with E-state index in [1.165, 1.54) is 0 Å². The SMILES string of the molecule is CN1CCNc2c(C(=O)O)cccc21. The van der Waals surface area contributed by atoms with Gasteiger partial charge in [0.15, 0.2) is 0 Å². The molecule has 0 amide bonds. The Morgan fingerprint density at radius 3 is 3.07 bits per heavy atom. The maximum Gasteiger partial charge on any atom is 0.337 e. The Bertz CT molecular complexity index is 376. The summed E-state index contributed by atoms with van der Waals surface area (Å²) in [6, 6.07) is 5.31. The summed E-state index contributed by atoms with van der Waals surface area (Å²) in [5.41, 5.74) is 2.03. The van der Waals surface area contributed by atoms with Gasteiger partial charge in [-0.05, 0) is 12.1 Å². The van der Waals surface area contributed by atoms with E-state index >= 15 is 0 Å². The minimum absolute atomic E-state index is 0.342. The highest BCUT2D eigenvalue weighted by atomic mass is 16.4. The molecule has 1 heterocycles. The summed E-state index contributed by atoms with van der Waals surface area (Å²) >= 11 is 0. The van der Waals surface area contributed by atoms with Crippen LogP contribution in [0.25, 0.3) is 0 Å². The predicted octanol–water partition coefficient (Wildman–Crippen LogP) is 1.25. The number of nitrogens with zero attached hydrogens (tertiary/aromatic N) is 1. The van der Waals surface area contributed by atoms with E-state index in [-0.39, 0.29) is 0 Å². The van der Waals surface area contributed by atoms with Gasteiger partial charge in [0.25, 0.3) is 0 Å². The topological polar surface area (TPSA) is 52.6 Å². The van der Waals surface area contributed by atoms with E-state index in [1.807, 2.05) is 13.1 Å². The molecule has 0 saturated carbocycles. The van der Waals surface area contributed by atoms with Gasteiger partial charge in [-0.15, -0.1) is 0 Å². The van der Waals surface area contributed by atoms with E-state index < -0.39 is 5.97 Å². The monoisotopic (exact) mass is 192 g/mol. The first-order chi connectivity index (χ1) is 6.70. The van der Waals surface area contributed by atoms with Gasteiger partial charge in [-0.25, -0.2) is 4.79 Å². The normalized spacial score (nSPS) is 14.5. The molecule has 2 N–H and O–H groups in total. The van der Waals surface area contributed by atoms with Gasteiger partial charge in [-0.1, -0.05) is 6.07 Å². The molecular weight excluding hydrogens is 180 g/mol. The Kier molecular flexibility index (Phi) is 2.04. The van der Waals surface area contributed by atoms with Gasteiger partial charge in [0.05, 0.1) is 16.9 Å². The van der Waals surface area contributed by atoms with Gasteiger partial charge in [-0.2, -0.15) is 0 Å². The van der Waals surface area contributed by atoms with E-state index in [4.69, 9.17) is 5.11 Å². The van der Waals surface area contributed by atoms with Crippen molar-refractivity contribution in [3.8, 4) is 0 Å². The van der Waals surface area contributed by atoms with Gasteiger partial charge in [-0.3, -0.25) is 0 Å².